The van der Waals surface area contributed by atoms with E-state index in [9.17, 15) is 4.39 Å². The topological polar surface area (TPSA) is 77.5 Å². The number of rotatable bonds is 1. The predicted molar refractivity (Wildman–Crippen MR) is 61.6 cm³/mol. The lowest BCUT2D eigenvalue weighted by molar-refractivity contribution is -0.258. The van der Waals surface area contributed by atoms with Crippen LogP contribution < -0.4 is 11.5 Å². The zero-order chi connectivity index (χ0) is 12.1. The molecule has 0 fully saturated rings. The Bertz CT molecular complexity index is 507. The van der Waals surface area contributed by atoms with Crippen molar-refractivity contribution in [1.29, 1.82) is 5.41 Å². The Labute approximate surface area is 93.5 Å². The predicted octanol–water partition coefficient (Wildman–Crippen LogP) is 0.851. The molecule has 0 aliphatic carbocycles. The quantitative estimate of drug-likeness (QED) is 0.474. The van der Waals surface area contributed by atoms with Crippen molar-refractivity contribution in [3.05, 3.63) is 40.8 Å². The van der Waals surface area contributed by atoms with E-state index in [1.165, 1.54) is 6.20 Å². The second kappa shape index (κ2) is 5.10. The number of nitrogens with one attached hydrogen (secondary N) is 1. The molecule has 0 unspecified atom stereocenters. The average molecular weight is 218 g/mol. The van der Waals surface area contributed by atoms with Gasteiger partial charge in [0.25, 0.3) is 0 Å². The number of hydrogen-bond acceptors (Lipinski definition) is 2. The highest BCUT2D eigenvalue weighted by Gasteiger charge is 2.08. The first-order valence-corrected chi connectivity index (χ1v) is 4.65. The molecule has 1 aromatic carbocycles. The van der Waals surface area contributed by atoms with Gasteiger partial charge < -0.3 is 16.9 Å². The molecule has 0 radical (unpaired) electrons. The van der Waals surface area contributed by atoms with Crippen LogP contribution >= 0.6 is 0 Å². The normalized spacial score (nSPS) is 10.6. The second-order valence-electron chi connectivity index (χ2n) is 3.25. The van der Waals surface area contributed by atoms with Gasteiger partial charge in [0.2, 0.25) is 0 Å². The molecule has 0 aliphatic heterocycles. The van der Waals surface area contributed by atoms with Gasteiger partial charge in [-0.05, 0) is 12.5 Å². The number of halogens is 1. The lowest BCUT2D eigenvalue weighted by Gasteiger charge is -2.00. The molecular weight excluding hydrogens is 205 g/mol. The molecule has 1 rings (SSSR count). The number of allylic oxidation sites excluding steroid dienone is 1. The second-order valence-corrected chi connectivity index (χ2v) is 3.25. The minimum atomic E-state index is -0.422. The van der Waals surface area contributed by atoms with Crippen molar-refractivity contribution < 1.29 is 10.1 Å². The number of hydrogen-bond donors (Lipinski definition) is 3. The van der Waals surface area contributed by atoms with E-state index in [0.29, 0.717) is 16.8 Å². The van der Waals surface area contributed by atoms with E-state index in [2.05, 4.69) is 17.6 Å². The van der Waals surface area contributed by atoms with E-state index >= 15 is 0 Å². The fraction of sp³-hybridized carbons (Fsp3) is 0.0833. The Morgan fingerprint density at radius 2 is 2.25 bits per heavy atom. The highest BCUT2D eigenvalue weighted by molar-refractivity contribution is 5.82. The van der Waals surface area contributed by atoms with E-state index in [0.717, 1.165) is 11.8 Å². The molecule has 82 valence electrons. The molecular formula is C12H13FN3+. The van der Waals surface area contributed by atoms with Crippen molar-refractivity contribution in [3.8, 4) is 11.8 Å². The Morgan fingerprint density at radius 3 is 2.81 bits per heavy atom. The molecule has 16 heavy (non-hydrogen) atoms. The fourth-order valence-corrected chi connectivity index (χ4v) is 1.13. The largest absolute Gasteiger partial charge is 0.404 e. The van der Waals surface area contributed by atoms with Crippen LogP contribution in [-0.4, -0.2) is 6.21 Å². The highest BCUT2D eigenvalue weighted by Crippen LogP contribution is 2.16. The van der Waals surface area contributed by atoms with Crippen LogP contribution in [0, 0.1) is 30.0 Å². The molecule has 0 aliphatic rings. The first kappa shape index (κ1) is 12.0. The van der Waals surface area contributed by atoms with Crippen LogP contribution in [-0.2, 0) is 0 Å². The van der Waals surface area contributed by atoms with Gasteiger partial charge >= 0.3 is 0 Å². The van der Waals surface area contributed by atoms with Gasteiger partial charge in [-0.1, -0.05) is 17.9 Å². The Morgan fingerprint density at radius 1 is 1.56 bits per heavy atom. The van der Waals surface area contributed by atoms with Crippen LogP contribution in [0.15, 0.2) is 23.9 Å². The highest BCUT2D eigenvalue weighted by atomic mass is 19.1. The Kier molecular flexibility index (Phi) is 3.81. The zero-order valence-electron chi connectivity index (χ0n) is 8.97. The minimum Gasteiger partial charge on any atom is -0.404 e. The number of benzene rings is 1. The maximum absolute atomic E-state index is 13.6. The van der Waals surface area contributed by atoms with E-state index in [1.54, 1.807) is 19.1 Å². The Balaban J connectivity index is 3.25. The molecule has 4 heteroatoms. The Hall–Kier alpha value is -2.12. The molecule has 1 aromatic rings. The van der Waals surface area contributed by atoms with Crippen molar-refractivity contribution in [2.45, 2.75) is 6.92 Å². The third kappa shape index (κ3) is 2.47. The van der Waals surface area contributed by atoms with Crippen LogP contribution in [0.1, 0.15) is 11.1 Å². The summed E-state index contributed by atoms with van der Waals surface area (Å²) in [6.45, 7) is 1.77. The van der Waals surface area contributed by atoms with Gasteiger partial charge in [-0.15, -0.1) is 0 Å². The molecule has 0 aromatic heterocycles. The van der Waals surface area contributed by atoms with Crippen molar-refractivity contribution >= 4 is 11.9 Å². The molecule has 0 atom stereocenters. The summed E-state index contributed by atoms with van der Waals surface area (Å²) in [4.78, 5) is 0. The molecule has 0 spiro atoms. The summed E-state index contributed by atoms with van der Waals surface area (Å²) in [5.74, 6) is 4.86. The first-order chi connectivity index (χ1) is 7.60. The molecule has 0 amide bonds. The molecule has 0 heterocycles. The standard InChI is InChI=1S/C12H12FN3/c1-8-2-5-11(16)12(13)10(8)4-3-9(6-14)7-15/h2,5-7,14H,15-16H2,1H3/p+1/b9-7-,14-6?. The van der Waals surface area contributed by atoms with Crippen LogP contribution in [0.3, 0.4) is 0 Å². The summed E-state index contributed by atoms with van der Waals surface area (Å²) in [5, 5.41) is 6.99. The summed E-state index contributed by atoms with van der Waals surface area (Å²) in [5.41, 5.74) is 10.5. The summed E-state index contributed by atoms with van der Waals surface area (Å²) in [6, 6.07) is 3.36. The monoisotopic (exact) mass is 218 g/mol. The van der Waals surface area contributed by atoms with Gasteiger partial charge in [0, 0.05) is 18.5 Å². The fourth-order valence-electron chi connectivity index (χ4n) is 1.13. The lowest BCUT2D eigenvalue weighted by atomic mass is 10.1. The van der Waals surface area contributed by atoms with Crippen molar-refractivity contribution in [2.24, 2.45) is 5.73 Å². The van der Waals surface area contributed by atoms with Crippen molar-refractivity contribution in [1.82, 2.24) is 0 Å². The first-order valence-electron chi connectivity index (χ1n) is 4.65. The zero-order valence-corrected chi connectivity index (χ0v) is 8.97. The molecule has 0 saturated heterocycles. The van der Waals surface area contributed by atoms with Gasteiger partial charge in [-0.25, -0.2) is 0 Å². The lowest BCUT2D eigenvalue weighted by Crippen LogP contribution is -2.41. The molecule has 0 saturated carbocycles. The van der Waals surface area contributed by atoms with E-state index < -0.39 is 5.82 Å². The maximum atomic E-state index is 13.6. The van der Waals surface area contributed by atoms with Crippen molar-refractivity contribution in [2.75, 3.05) is 0 Å². The van der Waals surface area contributed by atoms with Crippen LogP contribution in [0.25, 0.3) is 0 Å². The van der Waals surface area contributed by atoms with Gasteiger partial charge in [-0.2, -0.15) is 4.39 Å². The van der Waals surface area contributed by atoms with Crippen LogP contribution in [0.2, 0.25) is 0 Å². The van der Waals surface area contributed by atoms with Gasteiger partial charge in [0.1, 0.15) is 0 Å². The molecule has 3 nitrogen and oxygen atoms in total. The van der Waals surface area contributed by atoms with Crippen molar-refractivity contribution in [3.63, 3.8) is 0 Å². The molecule has 0 bridgehead atoms. The van der Waals surface area contributed by atoms with Gasteiger partial charge in [0.15, 0.2) is 11.5 Å². The average Bonchev–Trinajstić information content (AvgIpc) is 2.29. The van der Waals surface area contributed by atoms with Crippen LogP contribution in [0.5, 0.6) is 0 Å². The van der Waals surface area contributed by atoms with E-state index in [1.807, 2.05) is 0 Å². The van der Waals surface area contributed by atoms with E-state index in [4.69, 9.17) is 11.1 Å². The van der Waals surface area contributed by atoms with Gasteiger partial charge in [0.05, 0.1) is 11.1 Å². The maximum Gasteiger partial charge on any atom is 0.199 e. The minimum absolute atomic E-state index is 0.300. The third-order valence-electron chi connectivity index (χ3n) is 2.10. The summed E-state index contributed by atoms with van der Waals surface area (Å²) < 4.78 is 13.6. The SMILES string of the molecule is Cc1ccc([NH3+])c(F)c1C#C/C(C=N)=C/N. The van der Waals surface area contributed by atoms with Crippen LogP contribution in [0.4, 0.5) is 10.1 Å². The summed E-state index contributed by atoms with van der Waals surface area (Å²) in [7, 11) is 0. The molecule has 6 N–H and O–H groups in total. The smallest absolute Gasteiger partial charge is 0.199 e. The number of nitrogens with two attached hydrogens (primary N) is 1. The van der Waals surface area contributed by atoms with Gasteiger partial charge in [-0.3, -0.25) is 0 Å². The third-order valence-corrected chi connectivity index (χ3v) is 2.10. The summed E-state index contributed by atoms with van der Waals surface area (Å²) >= 11 is 0. The van der Waals surface area contributed by atoms with E-state index in [-0.39, 0.29) is 0 Å². The number of quaternary nitrogens is 1. The number of aryl methyl sites for hydroxylation is 1. The summed E-state index contributed by atoms with van der Waals surface area (Å²) in [6.07, 6.45) is 2.23.